The molecule has 0 unspecified atom stereocenters. The molecule has 2 heterocycles. The minimum atomic E-state index is -0.576. The summed E-state index contributed by atoms with van der Waals surface area (Å²) in [6.07, 6.45) is 3.03. The molecule has 2 rings (SSSR count). The summed E-state index contributed by atoms with van der Waals surface area (Å²) in [6, 6.07) is 1.69. The molecule has 9 heteroatoms. The molecule has 25 heavy (non-hydrogen) atoms. The van der Waals surface area contributed by atoms with E-state index in [1.54, 1.807) is 17.2 Å². The lowest BCUT2D eigenvalue weighted by Crippen LogP contribution is -2.42. The van der Waals surface area contributed by atoms with Gasteiger partial charge in [-0.25, -0.2) is 0 Å². The van der Waals surface area contributed by atoms with E-state index in [2.05, 4.69) is 10.4 Å². The van der Waals surface area contributed by atoms with Crippen molar-refractivity contribution in [2.75, 3.05) is 38.2 Å². The van der Waals surface area contributed by atoms with Crippen LogP contribution in [0.5, 0.6) is 0 Å². The summed E-state index contributed by atoms with van der Waals surface area (Å²) in [4.78, 5) is 26.4. The highest BCUT2D eigenvalue weighted by Crippen LogP contribution is 2.26. The zero-order valence-corrected chi connectivity index (χ0v) is 15.7. The molecule has 0 saturated carbocycles. The summed E-state index contributed by atoms with van der Waals surface area (Å²) in [5.74, 6) is 0.312. The predicted octanol–water partition coefficient (Wildman–Crippen LogP) is 0.867. The van der Waals surface area contributed by atoms with Gasteiger partial charge in [-0.1, -0.05) is 13.8 Å². The van der Waals surface area contributed by atoms with Gasteiger partial charge in [-0.05, 0) is 12.8 Å². The van der Waals surface area contributed by atoms with Crippen molar-refractivity contribution in [3.05, 3.63) is 12.3 Å². The van der Waals surface area contributed by atoms with Crippen LogP contribution in [0, 0.1) is 5.41 Å². The molecule has 0 atom stereocenters. The van der Waals surface area contributed by atoms with Gasteiger partial charge in [0.2, 0.25) is 11.8 Å². The van der Waals surface area contributed by atoms with Crippen molar-refractivity contribution >= 4 is 30.0 Å². The van der Waals surface area contributed by atoms with Crippen LogP contribution in [0.2, 0.25) is 0 Å². The van der Waals surface area contributed by atoms with Crippen molar-refractivity contribution in [3.8, 4) is 0 Å². The van der Waals surface area contributed by atoms with E-state index < -0.39 is 5.41 Å². The first-order valence-corrected chi connectivity index (χ1v) is 8.45. The first-order chi connectivity index (χ1) is 11.5. The number of anilines is 1. The van der Waals surface area contributed by atoms with Crippen molar-refractivity contribution < 1.29 is 14.3 Å². The Kier molecular flexibility index (Phi) is 8.34. The zero-order chi connectivity index (χ0) is 17.6. The number of hydrogen-bond acceptors (Lipinski definition) is 5. The Morgan fingerprint density at radius 3 is 2.52 bits per heavy atom. The normalized spacial score (nSPS) is 14.8. The third kappa shape index (κ3) is 5.17. The van der Waals surface area contributed by atoms with Crippen molar-refractivity contribution in [1.82, 2.24) is 14.7 Å². The number of nitrogens with two attached hydrogens (primary N) is 1. The van der Waals surface area contributed by atoms with E-state index >= 15 is 0 Å². The highest BCUT2D eigenvalue weighted by atomic mass is 35.5. The quantitative estimate of drug-likeness (QED) is 0.738. The molecule has 0 aliphatic carbocycles. The molecule has 1 fully saturated rings. The number of amides is 2. The van der Waals surface area contributed by atoms with E-state index in [1.165, 1.54) is 4.68 Å². The topological polar surface area (TPSA) is 102 Å². The van der Waals surface area contributed by atoms with Gasteiger partial charge in [-0.2, -0.15) is 5.10 Å². The highest BCUT2D eigenvalue weighted by molar-refractivity contribution is 5.94. The van der Waals surface area contributed by atoms with Gasteiger partial charge in [0.05, 0.1) is 18.6 Å². The molecule has 1 aromatic rings. The summed E-state index contributed by atoms with van der Waals surface area (Å²) in [5.41, 5.74) is 5.21. The molecule has 0 spiro atoms. The number of nitrogens with one attached hydrogen (secondary N) is 1. The molecule has 1 aliphatic heterocycles. The first kappa shape index (κ1) is 21.4. The fourth-order valence-corrected chi connectivity index (χ4v) is 2.77. The van der Waals surface area contributed by atoms with E-state index in [9.17, 15) is 9.59 Å². The number of rotatable bonds is 7. The zero-order valence-electron chi connectivity index (χ0n) is 14.9. The second-order valence-electron chi connectivity index (χ2n) is 6.04. The van der Waals surface area contributed by atoms with Crippen molar-refractivity contribution in [1.29, 1.82) is 0 Å². The summed E-state index contributed by atoms with van der Waals surface area (Å²) in [7, 11) is 0. The van der Waals surface area contributed by atoms with Crippen LogP contribution in [0.15, 0.2) is 12.3 Å². The van der Waals surface area contributed by atoms with Gasteiger partial charge in [0.1, 0.15) is 6.54 Å². The number of carbonyl (C=O) groups excluding carboxylic acids is 2. The van der Waals surface area contributed by atoms with Crippen molar-refractivity contribution in [2.45, 2.75) is 33.2 Å². The Balaban J connectivity index is 0.00000312. The van der Waals surface area contributed by atoms with Gasteiger partial charge in [-0.15, -0.1) is 12.4 Å². The molecule has 8 nitrogen and oxygen atoms in total. The predicted molar refractivity (Wildman–Crippen MR) is 97.6 cm³/mol. The molecule has 0 bridgehead atoms. The summed E-state index contributed by atoms with van der Waals surface area (Å²) >= 11 is 0. The number of nitrogens with zero attached hydrogens (tertiary/aromatic N) is 3. The molecule has 1 aliphatic rings. The van der Waals surface area contributed by atoms with Crippen molar-refractivity contribution in [2.24, 2.45) is 11.1 Å². The SMILES string of the molecule is CCC(CC)(CN)C(=O)Nc1ccn(CC(=O)N2CCOCC2)n1.Cl. The number of morpholine rings is 1. The Labute approximate surface area is 154 Å². The van der Waals surface area contributed by atoms with Crippen molar-refractivity contribution in [3.63, 3.8) is 0 Å². The van der Waals surface area contributed by atoms with Crippen LogP contribution in [0.25, 0.3) is 0 Å². The molecule has 0 radical (unpaired) electrons. The summed E-state index contributed by atoms with van der Waals surface area (Å²) in [5, 5.41) is 7.08. The molecular weight excluding hydrogens is 346 g/mol. The molecule has 1 saturated heterocycles. The van der Waals surface area contributed by atoms with E-state index in [-0.39, 0.29) is 30.8 Å². The molecule has 0 aromatic carbocycles. The second kappa shape index (κ2) is 9.74. The van der Waals surface area contributed by atoms with Gasteiger partial charge in [0.25, 0.3) is 0 Å². The fourth-order valence-electron chi connectivity index (χ4n) is 2.77. The number of hydrogen-bond donors (Lipinski definition) is 2. The van der Waals surface area contributed by atoms with E-state index in [1.807, 2.05) is 13.8 Å². The number of ether oxygens (including phenoxy) is 1. The minimum Gasteiger partial charge on any atom is -0.378 e. The van der Waals surface area contributed by atoms with Gasteiger partial charge in [-0.3, -0.25) is 14.3 Å². The summed E-state index contributed by atoms with van der Waals surface area (Å²) in [6.45, 7) is 6.71. The Bertz CT molecular complexity index is 560. The minimum absolute atomic E-state index is 0. The summed E-state index contributed by atoms with van der Waals surface area (Å²) < 4.78 is 6.77. The van der Waals surface area contributed by atoms with Gasteiger partial charge in [0.15, 0.2) is 5.82 Å². The number of aromatic nitrogens is 2. The molecule has 2 amide bonds. The first-order valence-electron chi connectivity index (χ1n) is 8.45. The van der Waals surface area contributed by atoms with Crippen LogP contribution >= 0.6 is 12.4 Å². The molecule has 142 valence electrons. The van der Waals surface area contributed by atoms with E-state index in [4.69, 9.17) is 10.5 Å². The van der Waals surface area contributed by atoms with E-state index in [0.717, 1.165) is 0 Å². The van der Waals surface area contributed by atoms with Crippen LogP contribution in [0.3, 0.4) is 0 Å². The largest absolute Gasteiger partial charge is 0.378 e. The Morgan fingerprint density at radius 1 is 1.32 bits per heavy atom. The van der Waals surface area contributed by atoms with Gasteiger partial charge < -0.3 is 20.7 Å². The lowest BCUT2D eigenvalue weighted by Gasteiger charge is -2.28. The lowest BCUT2D eigenvalue weighted by atomic mass is 9.81. The number of halogens is 1. The Morgan fingerprint density at radius 2 is 1.96 bits per heavy atom. The molecule has 3 N–H and O–H groups in total. The second-order valence-corrected chi connectivity index (χ2v) is 6.04. The van der Waals surface area contributed by atoms with Crippen LogP contribution in [0.1, 0.15) is 26.7 Å². The van der Waals surface area contributed by atoms with Gasteiger partial charge in [0, 0.05) is 31.9 Å². The maximum Gasteiger partial charge on any atom is 0.244 e. The average Bonchev–Trinajstić information content (AvgIpc) is 3.04. The maximum atomic E-state index is 12.5. The monoisotopic (exact) mass is 373 g/mol. The Hall–Kier alpha value is -1.64. The third-order valence-corrected chi connectivity index (χ3v) is 4.77. The standard InChI is InChI=1S/C16H27N5O3.ClH/c1-3-16(4-2,12-17)15(23)18-13-5-6-21(19-13)11-14(22)20-7-9-24-10-8-20;/h5-6H,3-4,7-12,17H2,1-2H3,(H,18,19,23);1H. The van der Waals surface area contributed by atoms with Crippen LogP contribution in [0.4, 0.5) is 5.82 Å². The smallest absolute Gasteiger partial charge is 0.244 e. The fraction of sp³-hybridized carbons (Fsp3) is 0.688. The van der Waals surface area contributed by atoms with Gasteiger partial charge >= 0.3 is 0 Å². The average molecular weight is 374 g/mol. The van der Waals surface area contributed by atoms with Crippen LogP contribution in [-0.4, -0.2) is 59.3 Å². The highest BCUT2D eigenvalue weighted by Gasteiger charge is 2.33. The third-order valence-electron chi connectivity index (χ3n) is 4.77. The van der Waals surface area contributed by atoms with E-state index in [0.29, 0.717) is 51.5 Å². The molecular formula is C16H28ClN5O3. The number of carbonyl (C=O) groups is 2. The maximum absolute atomic E-state index is 12.5. The molecule has 1 aromatic heterocycles. The van der Waals surface area contributed by atoms with Crippen LogP contribution < -0.4 is 11.1 Å². The van der Waals surface area contributed by atoms with Crippen LogP contribution in [-0.2, 0) is 20.9 Å². The lowest BCUT2D eigenvalue weighted by molar-refractivity contribution is -0.136.